The van der Waals surface area contributed by atoms with Crippen LogP contribution in [0.4, 0.5) is 0 Å². The number of hydrogen-bond acceptors (Lipinski definition) is 2. The van der Waals surface area contributed by atoms with Gasteiger partial charge in [-0.3, -0.25) is 0 Å². The van der Waals surface area contributed by atoms with Gasteiger partial charge in [-0.25, -0.2) is 0 Å². The molecule has 2 heteroatoms. The van der Waals surface area contributed by atoms with Gasteiger partial charge in [-0.1, -0.05) is 62.2 Å². The maximum absolute atomic E-state index is 5.75. The normalized spacial score (nSPS) is 10.5. The molecular formula is C21H26O2. The first-order valence-electron chi connectivity index (χ1n) is 8.34. The molecule has 0 radical (unpaired) electrons. The topological polar surface area (TPSA) is 18.5 Å². The molecule has 0 bridgehead atoms. The molecule has 0 aliphatic heterocycles. The van der Waals surface area contributed by atoms with Gasteiger partial charge in [0.1, 0.15) is 5.75 Å². The van der Waals surface area contributed by atoms with Crippen LogP contribution in [0, 0.1) is 0 Å². The van der Waals surface area contributed by atoms with E-state index in [9.17, 15) is 0 Å². The second-order valence-electron chi connectivity index (χ2n) is 5.58. The summed E-state index contributed by atoms with van der Waals surface area (Å²) in [5.41, 5.74) is 3.57. The number of ether oxygens (including phenoxy) is 2. The summed E-state index contributed by atoms with van der Waals surface area (Å²) in [4.78, 5) is 0. The molecule has 0 saturated heterocycles. The maximum atomic E-state index is 5.75. The average Bonchev–Trinajstić information content (AvgIpc) is 2.60. The van der Waals surface area contributed by atoms with Gasteiger partial charge in [0.15, 0.2) is 0 Å². The lowest BCUT2D eigenvalue weighted by Gasteiger charge is -2.08. The van der Waals surface area contributed by atoms with Gasteiger partial charge in [0.05, 0.1) is 19.8 Å². The summed E-state index contributed by atoms with van der Waals surface area (Å²) in [7, 11) is 0. The molecule has 0 spiro atoms. The van der Waals surface area contributed by atoms with Gasteiger partial charge >= 0.3 is 0 Å². The molecule has 0 aliphatic rings. The third kappa shape index (κ3) is 5.91. The van der Waals surface area contributed by atoms with Crippen molar-refractivity contribution in [2.45, 2.75) is 32.8 Å². The summed E-state index contributed by atoms with van der Waals surface area (Å²) in [6.45, 7) is 7.85. The maximum Gasteiger partial charge on any atom is 0.119 e. The summed E-state index contributed by atoms with van der Waals surface area (Å²) in [6, 6.07) is 16.8. The van der Waals surface area contributed by atoms with Gasteiger partial charge in [-0.05, 0) is 35.2 Å². The third-order valence-corrected chi connectivity index (χ3v) is 3.66. The first kappa shape index (κ1) is 17.3. The lowest BCUT2D eigenvalue weighted by Crippen LogP contribution is -1.96. The van der Waals surface area contributed by atoms with Crippen molar-refractivity contribution >= 4 is 0 Å². The molecule has 0 heterocycles. The van der Waals surface area contributed by atoms with Gasteiger partial charge in [-0.2, -0.15) is 0 Å². The zero-order valence-corrected chi connectivity index (χ0v) is 14.0. The predicted octanol–water partition coefficient (Wildman–Crippen LogP) is 5.63. The fourth-order valence-corrected chi connectivity index (χ4v) is 2.34. The van der Waals surface area contributed by atoms with E-state index < -0.39 is 0 Å². The minimum absolute atomic E-state index is 0.585. The number of benzene rings is 2. The second-order valence-corrected chi connectivity index (χ2v) is 5.58. The van der Waals surface area contributed by atoms with Crippen LogP contribution in [-0.2, 0) is 11.3 Å². The summed E-state index contributed by atoms with van der Waals surface area (Å²) < 4.78 is 11.2. The highest BCUT2D eigenvalue weighted by Gasteiger charge is 2.00. The van der Waals surface area contributed by atoms with Crippen molar-refractivity contribution in [1.82, 2.24) is 0 Å². The first-order chi connectivity index (χ1) is 11.3. The second kappa shape index (κ2) is 9.86. The molecule has 0 aromatic heterocycles. The SMILES string of the molecule is C=CCOCc1ccc(-c2ccc(OCCCCC)cc2)cc1. The molecule has 2 aromatic rings. The molecule has 0 aliphatic carbocycles. The van der Waals surface area contributed by atoms with E-state index in [0.717, 1.165) is 18.8 Å². The number of hydrogen-bond donors (Lipinski definition) is 0. The highest BCUT2D eigenvalue weighted by Crippen LogP contribution is 2.23. The Morgan fingerprint density at radius 3 is 2.17 bits per heavy atom. The fourth-order valence-electron chi connectivity index (χ4n) is 2.34. The Hall–Kier alpha value is -2.06. The number of unbranched alkanes of at least 4 members (excludes halogenated alkanes) is 2. The van der Waals surface area contributed by atoms with Crippen LogP contribution >= 0.6 is 0 Å². The zero-order valence-electron chi connectivity index (χ0n) is 14.0. The molecule has 2 aromatic carbocycles. The van der Waals surface area contributed by atoms with Crippen LogP contribution in [-0.4, -0.2) is 13.2 Å². The van der Waals surface area contributed by atoms with Crippen molar-refractivity contribution in [1.29, 1.82) is 0 Å². The van der Waals surface area contributed by atoms with E-state index >= 15 is 0 Å². The molecule has 0 unspecified atom stereocenters. The molecule has 0 atom stereocenters. The minimum Gasteiger partial charge on any atom is -0.494 e. The van der Waals surface area contributed by atoms with E-state index in [0.29, 0.717) is 13.2 Å². The van der Waals surface area contributed by atoms with E-state index in [1.807, 2.05) is 12.1 Å². The van der Waals surface area contributed by atoms with Crippen molar-refractivity contribution in [2.24, 2.45) is 0 Å². The molecule has 2 rings (SSSR count). The summed E-state index contributed by atoms with van der Waals surface area (Å²) >= 11 is 0. The monoisotopic (exact) mass is 310 g/mol. The molecule has 0 saturated carbocycles. The molecule has 0 fully saturated rings. The number of rotatable bonds is 10. The zero-order chi connectivity index (χ0) is 16.3. The van der Waals surface area contributed by atoms with Crippen LogP contribution < -0.4 is 4.74 Å². The highest BCUT2D eigenvalue weighted by molar-refractivity contribution is 5.64. The molecule has 23 heavy (non-hydrogen) atoms. The fraction of sp³-hybridized carbons (Fsp3) is 0.333. The average molecular weight is 310 g/mol. The predicted molar refractivity (Wildman–Crippen MR) is 96.8 cm³/mol. The van der Waals surface area contributed by atoms with Gasteiger partial charge in [0, 0.05) is 0 Å². The van der Waals surface area contributed by atoms with Crippen molar-refractivity contribution < 1.29 is 9.47 Å². The molecule has 0 amide bonds. The smallest absolute Gasteiger partial charge is 0.119 e. The van der Waals surface area contributed by atoms with E-state index in [-0.39, 0.29) is 0 Å². The van der Waals surface area contributed by atoms with Crippen molar-refractivity contribution in [2.75, 3.05) is 13.2 Å². The standard InChI is InChI=1S/C21H26O2/c1-3-5-6-16-23-21-13-11-20(12-14-21)19-9-7-18(8-10-19)17-22-15-4-2/h4,7-14H,2-3,5-6,15-17H2,1H3. The Morgan fingerprint density at radius 2 is 1.57 bits per heavy atom. The molecule has 0 N–H and O–H groups in total. The summed E-state index contributed by atoms with van der Waals surface area (Å²) in [6.07, 6.45) is 5.33. The van der Waals surface area contributed by atoms with Crippen LogP contribution in [0.3, 0.4) is 0 Å². The van der Waals surface area contributed by atoms with E-state index in [1.54, 1.807) is 6.08 Å². The third-order valence-electron chi connectivity index (χ3n) is 3.66. The van der Waals surface area contributed by atoms with E-state index in [1.165, 1.54) is 29.5 Å². The van der Waals surface area contributed by atoms with Crippen LogP contribution in [0.25, 0.3) is 11.1 Å². The van der Waals surface area contributed by atoms with E-state index in [2.05, 4.69) is 49.9 Å². The Morgan fingerprint density at radius 1 is 0.913 bits per heavy atom. The highest BCUT2D eigenvalue weighted by atomic mass is 16.5. The van der Waals surface area contributed by atoms with Crippen molar-refractivity contribution in [3.63, 3.8) is 0 Å². The van der Waals surface area contributed by atoms with Crippen LogP contribution in [0.15, 0.2) is 61.2 Å². The van der Waals surface area contributed by atoms with Crippen molar-refractivity contribution in [3.8, 4) is 16.9 Å². The Kier molecular flexibility index (Phi) is 7.41. The van der Waals surface area contributed by atoms with E-state index in [4.69, 9.17) is 9.47 Å². The molecule has 122 valence electrons. The quantitative estimate of drug-likeness (QED) is 0.418. The van der Waals surface area contributed by atoms with Crippen LogP contribution in [0.5, 0.6) is 5.75 Å². The van der Waals surface area contributed by atoms with Gasteiger partial charge in [0.25, 0.3) is 0 Å². The molecular weight excluding hydrogens is 284 g/mol. The van der Waals surface area contributed by atoms with Crippen molar-refractivity contribution in [3.05, 3.63) is 66.7 Å². The van der Waals surface area contributed by atoms with Crippen LogP contribution in [0.2, 0.25) is 0 Å². The van der Waals surface area contributed by atoms with Gasteiger partial charge in [-0.15, -0.1) is 6.58 Å². The summed E-state index contributed by atoms with van der Waals surface area (Å²) in [5, 5.41) is 0. The summed E-state index contributed by atoms with van der Waals surface area (Å²) in [5.74, 6) is 0.944. The Labute approximate surface area is 139 Å². The Balaban J connectivity index is 1.89. The van der Waals surface area contributed by atoms with Gasteiger partial charge in [0.2, 0.25) is 0 Å². The minimum atomic E-state index is 0.585. The van der Waals surface area contributed by atoms with Gasteiger partial charge < -0.3 is 9.47 Å². The Bertz CT molecular complexity index is 570. The molecule has 2 nitrogen and oxygen atoms in total. The lowest BCUT2D eigenvalue weighted by atomic mass is 10.0. The van der Waals surface area contributed by atoms with Crippen LogP contribution in [0.1, 0.15) is 31.7 Å². The lowest BCUT2D eigenvalue weighted by molar-refractivity contribution is 0.149. The first-order valence-corrected chi connectivity index (χ1v) is 8.34. The largest absolute Gasteiger partial charge is 0.494 e.